The first-order valence-corrected chi connectivity index (χ1v) is 6.04. The van der Waals surface area contributed by atoms with E-state index in [4.69, 9.17) is 17.3 Å². The number of hydrogen-bond donors (Lipinski definition) is 1. The second-order valence-electron chi connectivity index (χ2n) is 5.29. The van der Waals surface area contributed by atoms with Crippen LogP contribution in [0.3, 0.4) is 0 Å². The van der Waals surface area contributed by atoms with Gasteiger partial charge in [0.2, 0.25) is 0 Å². The molecule has 0 saturated carbocycles. The minimum atomic E-state index is -0.365. The van der Waals surface area contributed by atoms with Crippen molar-refractivity contribution in [3.8, 4) is 0 Å². The first kappa shape index (κ1) is 17.6. The van der Waals surface area contributed by atoms with E-state index in [2.05, 4.69) is 18.7 Å². The van der Waals surface area contributed by atoms with Gasteiger partial charge in [0.1, 0.15) is 5.82 Å². The summed E-state index contributed by atoms with van der Waals surface area (Å²) in [4.78, 5) is 2.13. The van der Waals surface area contributed by atoms with Crippen molar-refractivity contribution in [2.45, 2.75) is 20.4 Å². The topological polar surface area (TPSA) is 29.3 Å². The largest absolute Gasteiger partial charge is 0.330 e. The summed E-state index contributed by atoms with van der Waals surface area (Å²) in [5.41, 5.74) is 6.68. The third-order valence-electron chi connectivity index (χ3n) is 2.69. The van der Waals surface area contributed by atoms with Crippen LogP contribution in [0.25, 0.3) is 0 Å². The Morgan fingerprint density at radius 3 is 2.50 bits per heavy atom. The van der Waals surface area contributed by atoms with Crippen LogP contribution in [-0.4, -0.2) is 25.0 Å². The number of benzene rings is 1. The van der Waals surface area contributed by atoms with Crippen molar-refractivity contribution < 1.29 is 4.39 Å². The molecule has 1 rings (SSSR count). The molecule has 0 aliphatic carbocycles. The van der Waals surface area contributed by atoms with E-state index in [1.807, 2.05) is 13.1 Å². The Kier molecular flexibility index (Phi) is 7.15. The summed E-state index contributed by atoms with van der Waals surface area (Å²) in [5.74, 6) is -0.365. The molecule has 0 radical (unpaired) electrons. The van der Waals surface area contributed by atoms with Crippen LogP contribution in [0.2, 0.25) is 5.02 Å². The van der Waals surface area contributed by atoms with Crippen molar-refractivity contribution in [1.82, 2.24) is 4.90 Å². The molecule has 0 atom stereocenters. The van der Waals surface area contributed by atoms with Crippen LogP contribution in [0, 0.1) is 11.2 Å². The fourth-order valence-corrected chi connectivity index (χ4v) is 1.92. The van der Waals surface area contributed by atoms with Crippen molar-refractivity contribution in [3.05, 3.63) is 34.6 Å². The molecule has 0 heterocycles. The number of rotatable bonds is 5. The molecule has 0 saturated heterocycles. The monoisotopic (exact) mass is 294 g/mol. The molecule has 1 aromatic rings. The summed E-state index contributed by atoms with van der Waals surface area (Å²) in [5, 5.41) is 0.165. The van der Waals surface area contributed by atoms with Crippen LogP contribution in [0.4, 0.5) is 4.39 Å². The van der Waals surface area contributed by atoms with Gasteiger partial charge in [-0.1, -0.05) is 31.5 Å². The molecule has 0 unspecified atom stereocenters. The lowest BCUT2D eigenvalue weighted by atomic mass is 9.93. The van der Waals surface area contributed by atoms with E-state index in [0.717, 1.165) is 12.1 Å². The molecule has 0 aliphatic rings. The fraction of sp³-hybridized carbons (Fsp3) is 0.538. The highest BCUT2D eigenvalue weighted by atomic mass is 35.5. The molecule has 0 bridgehead atoms. The van der Waals surface area contributed by atoms with E-state index in [-0.39, 0.29) is 28.7 Å². The van der Waals surface area contributed by atoms with Crippen molar-refractivity contribution in [3.63, 3.8) is 0 Å². The van der Waals surface area contributed by atoms with Gasteiger partial charge in [-0.15, -0.1) is 12.4 Å². The minimum Gasteiger partial charge on any atom is -0.330 e. The normalized spacial score (nSPS) is 11.5. The first-order valence-electron chi connectivity index (χ1n) is 5.66. The van der Waals surface area contributed by atoms with Crippen LogP contribution < -0.4 is 5.73 Å². The SMILES string of the molecule is CN(Cc1ccc(Cl)c(F)c1)CC(C)(C)CN.Cl. The van der Waals surface area contributed by atoms with Gasteiger partial charge in [-0.25, -0.2) is 4.39 Å². The number of hydrogen-bond acceptors (Lipinski definition) is 2. The summed E-state index contributed by atoms with van der Waals surface area (Å²) in [6.45, 7) is 6.43. The Balaban J connectivity index is 0.00000289. The molecule has 0 spiro atoms. The highest BCUT2D eigenvalue weighted by Crippen LogP contribution is 2.18. The number of nitrogens with zero attached hydrogens (tertiary/aromatic N) is 1. The molecule has 0 aliphatic heterocycles. The van der Waals surface area contributed by atoms with Crippen LogP contribution in [0.5, 0.6) is 0 Å². The van der Waals surface area contributed by atoms with Crippen molar-refractivity contribution in [1.29, 1.82) is 0 Å². The zero-order chi connectivity index (χ0) is 13.1. The molecule has 1 aromatic carbocycles. The molecule has 18 heavy (non-hydrogen) atoms. The Morgan fingerprint density at radius 1 is 1.39 bits per heavy atom. The van der Waals surface area contributed by atoms with E-state index in [1.165, 1.54) is 6.07 Å². The number of halogens is 3. The van der Waals surface area contributed by atoms with E-state index >= 15 is 0 Å². The van der Waals surface area contributed by atoms with Gasteiger partial charge in [0.25, 0.3) is 0 Å². The van der Waals surface area contributed by atoms with Gasteiger partial charge in [0.15, 0.2) is 0 Å². The van der Waals surface area contributed by atoms with Gasteiger partial charge in [0, 0.05) is 13.1 Å². The van der Waals surface area contributed by atoms with Gasteiger partial charge in [-0.2, -0.15) is 0 Å². The van der Waals surface area contributed by atoms with Crippen LogP contribution in [-0.2, 0) is 6.54 Å². The Bertz CT molecular complexity index is 383. The van der Waals surface area contributed by atoms with E-state index in [0.29, 0.717) is 13.1 Å². The molecule has 5 heteroatoms. The summed E-state index contributed by atoms with van der Waals surface area (Å²) in [7, 11) is 2.00. The zero-order valence-electron chi connectivity index (χ0n) is 11.0. The van der Waals surface area contributed by atoms with E-state index < -0.39 is 0 Å². The fourth-order valence-electron chi connectivity index (χ4n) is 1.80. The first-order chi connectivity index (χ1) is 7.84. The molecule has 2 nitrogen and oxygen atoms in total. The zero-order valence-corrected chi connectivity index (χ0v) is 12.6. The average molecular weight is 295 g/mol. The molecule has 0 amide bonds. The molecule has 0 aromatic heterocycles. The summed E-state index contributed by atoms with van der Waals surface area (Å²) < 4.78 is 13.3. The quantitative estimate of drug-likeness (QED) is 0.903. The second-order valence-corrected chi connectivity index (χ2v) is 5.70. The predicted molar refractivity (Wildman–Crippen MR) is 77.8 cm³/mol. The van der Waals surface area contributed by atoms with Crippen molar-refractivity contribution >= 4 is 24.0 Å². The molecule has 104 valence electrons. The van der Waals surface area contributed by atoms with Crippen molar-refractivity contribution in [2.24, 2.45) is 11.1 Å². The number of nitrogens with two attached hydrogens (primary N) is 1. The smallest absolute Gasteiger partial charge is 0.142 e. The highest BCUT2D eigenvalue weighted by Gasteiger charge is 2.18. The maximum Gasteiger partial charge on any atom is 0.142 e. The van der Waals surface area contributed by atoms with Gasteiger partial charge in [-0.05, 0) is 36.7 Å². The van der Waals surface area contributed by atoms with Crippen LogP contribution in [0.15, 0.2) is 18.2 Å². The third-order valence-corrected chi connectivity index (χ3v) is 2.99. The Labute approximate surface area is 120 Å². The third kappa shape index (κ3) is 5.53. The lowest BCUT2D eigenvalue weighted by Gasteiger charge is -2.29. The van der Waals surface area contributed by atoms with Gasteiger partial charge >= 0.3 is 0 Å². The lowest BCUT2D eigenvalue weighted by molar-refractivity contribution is 0.210. The summed E-state index contributed by atoms with van der Waals surface area (Å²) in [6.07, 6.45) is 0. The van der Waals surface area contributed by atoms with Gasteiger partial charge in [-0.3, -0.25) is 0 Å². The molecule has 0 fully saturated rings. The summed E-state index contributed by atoms with van der Waals surface area (Å²) >= 11 is 5.64. The van der Waals surface area contributed by atoms with Gasteiger partial charge < -0.3 is 10.6 Å². The predicted octanol–water partition coefficient (Wildman–Crippen LogP) is 3.32. The second kappa shape index (κ2) is 7.29. The Morgan fingerprint density at radius 2 is 2.00 bits per heavy atom. The highest BCUT2D eigenvalue weighted by molar-refractivity contribution is 6.30. The maximum absolute atomic E-state index is 13.3. The standard InChI is InChI=1S/C13H20ClFN2.ClH/c1-13(2,8-16)9-17(3)7-10-4-5-11(14)12(15)6-10;/h4-6H,7-9,16H2,1-3H3;1H. The molecular weight excluding hydrogens is 274 g/mol. The Hall–Kier alpha value is -0.350. The lowest BCUT2D eigenvalue weighted by Crippen LogP contribution is -2.36. The minimum absolute atomic E-state index is 0. The molecular formula is C13H21Cl2FN2. The molecule has 2 N–H and O–H groups in total. The van der Waals surface area contributed by atoms with Gasteiger partial charge in [0.05, 0.1) is 5.02 Å². The summed E-state index contributed by atoms with van der Waals surface area (Å²) in [6, 6.07) is 4.92. The maximum atomic E-state index is 13.3. The van der Waals surface area contributed by atoms with Crippen LogP contribution in [0.1, 0.15) is 19.4 Å². The van der Waals surface area contributed by atoms with E-state index in [1.54, 1.807) is 6.07 Å². The average Bonchev–Trinajstić information content (AvgIpc) is 2.23. The van der Waals surface area contributed by atoms with Crippen molar-refractivity contribution in [2.75, 3.05) is 20.1 Å². The van der Waals surface area contributed by atoms with Crippen LogP contribution >= 0.6 is 24.0 Å². The van der Waals surface area contributed by atoms with E-state index in [9.17, 15) is 4.39 Å².